The van der Waals surface area contributed by atoms with E-state index in [4.69, 9.17) is 17.3 Å². The first-order valence-corrected chi connectivity index (χ1v) is 6.31. The van der Waals surface area contributed by atoms with Crippen molar-refractivity contribution in [2.75, 3.05) is 11.1 Å². The summed E-state index contributed by atoms with van der Waals surface area (Å²) in [5.41, 5.74) is 6.88. The van der Waals surface area contributed by atoms with Gasteiger partial charge in [-0.2, -0.15) is 0 Å². The van der Waals surface area contributed by atoms with Crippen LogP contribution in [-0.2, 0) is 4.79 Å². The van der Waals surface area contributed by atoms with Crippen molar-refractivity contribution in [2.24, 2.45) is 11.8 Å². The zero-order chi connectivity index (χ0) is 12.4. The average molecular weight is 253 g/mol. The minimum atomic E-state index is 0.0579. The molecule has 0 heterocycles. The lowest BCUT2D eigenvalue weighted by Crippen LogP contribution is -2.24. The predicted molar refractivity (Wildman–Crippen MR) is 71.0 cm³/mol. The van der Waals surface area contributed by atoms with Gasteiger partial charge in [0.15, 0.2) is 0 Å². The number of nitrogens with one attached hydrogen (secondary N) is 1. The zero-order valence-electron chi connectivity index (χ0n) is 9.87. The second-order valence-electron chi connectivity index (χ2n) is 4.74. The van der Waals surface area contributed by atoms with E-state index in [1.807, 2.05) is 0 Å². The van der Waals surface area contributed by atoms with Crippen LogP contribution < -0.4 is 11.1 Å². The lowest BCUT2D eigenvalue weighted by molar-refractivity contribution is -0.120. The molecule has 1 fully saturated rings. The summed E-state index contributed by atoms with van der Waals surface area (Å²) < 4.78 is 0. The topological polar surface area (TPSA) is 55.1 Å². The summed E-state index contributed by atoms with van der Waals surface area (Å²) in [7, 11) is 0. The zero-order valence-corrected chi connectivity index (χ0v) is 10.6. The minimum absolute atomic E-state index is 0.0579. The summed E-state index contributed by atoms with van der Waals surface area (Å²) in [4.78, 5) is 12.1. The van der Waals surface area contributed by atoms with Gasteiger partial charge in [0.25, 0.3) is 0 Å². The molecule has 0 saturated heterocycles. The van der Waals surface area contributed by atoms with Crippen molar-refractivity contribution in [3.8, 4) is 0 Å². The Labute approximate surface area is 106 Å². The summed E-state index contributed by atoms with van der Waals surface area (Å²) in [5, 5.41) is 3.40. The van der Waals surface area contributed by atoms with Crippen molar-refractivity contribution in [3.05, 3.63) is 23.2 Å². The maximum Gasteiger partial charge on any atom is 0.227 e. The Bertz CT molecular complexity index is 433. The van der Waals surface area contributed by atoms with Crippen LogP contribution >= 0.6 is 11.6 Å². The lowest BCUT2D eigenvalue weighted by atomic mass is 9.97. The Morgan fingerprint density at radius 2 is 2.24 bits per heavy atom. The highest BCUT2D eigenvalue weighted by Crippen LogP contribution is 2.33. The van der Waals surface area contributed by atoms with Crippen molar-refractivity contribution in [1.82, 2.24) is 0 Å². The molecule has 2 rings (SSSR count). The highest BCUT2D eigenvalue weighted by atomic mass is 35.5. The molecule has 92 valence electrons. The Hall–Kier alpha value is -1.22. The number of benzene rings is 1. The molecule has 0 aromatic heterocycles. The number of hydrogen-bond acceptors (Lipinski definition) is 2. The second kappa shape index (κ2) is 4.96. The first kappa shape index (κ1) is 12.2. The van der Waals surface area contributed by atoms with Gasteiger partial charge in [-0.05, 0) is 37.0 Å². The quantitative estimate of drug-likeness (QED) is 0.794. The Morgan fingerprint density at radius 3 is 2.88 bits per heavy atom. The number of anilines is 2. The van der Waals surface area contributed by atoms with E-state index in [9.17, 15) is 4.79 Å². The highest BCUT2D eigenvalue weighted by Gasteiger charge is 2.29. The fourth-order valence-corrected chi connectivity index (χ4v) is 2.56. The highest BCUT2D eigenvalue weighted by molar-refractivity contribution is 6.33. The molecule has 1 saturated carbocycles. The first-order valence-electron chi connectivity index (χ1n) is 5.94. The third-order valence-corrected chi connectivity index (χ3v) is 3.78. The molecule has 1 aromatic rings. The van der Waals surface area contributed by atoms with Gasteiger partial charge in [0.2, 0.25) is 5.91 Å². The van der Waals surface area contributed by atoms with Crippen LogP contribution in [0.3, 0.4) is 0 Å². The first-order chi connectivity index (χ1) is 8.08. The molecular weight excluding hydrogens is 236 g/mol. The van der Waals surface area contributed by atoms with E-state index in [0.29, 0.717) is 22.3 Å². The van der Waals surface area contributed by atoms with E-state index in [1.165, 1.54) is 0 Å². The van der Waals surface area contributed by atoms with Gasteiger partial charge in [0.1, 0.15) is 0 Å². The fraction of sp³-hybridized carbons (Fsp3) is 0.462. The van der Waals surface area contributed by atoms with E-state index < -0.39 is 0 Å². The van der Waals surface area contributed by atoms with Gasteiger partial charge >= 0.3 is 0 Å². The van der Waals surface area contributed by atoms with Gasteiger partial charge < -0.3 is 11.1 Å². The molecule has 2 atom stereocenters. The number of hydrogen-bond donors (Lipinski definition) is 2. The van der Waals surface area contributed by atoms with Crippen LogP contribution in [-0.4, -0.2) is 5.91 Å². The van der Waals surface area contributed by atoms with E-state index in [2.05, 4.69) is 12.2 Å². The minimum Gasteiger partial charge on any atom is -0.399 e. The number of rotatable bonds is 2. The molecule has 4 heteroatoms. The van der Waals surface area contributed by atoms with Gasteiger partial charge in [-0.1, -0.05) is 24.9 Å². The van der Waals surface area contributed by atoms with Crippen LogP contribution in [0.15, 0.2) is 18.2 Å². The monoisotopic (exact) mass is 252 g/mol. The Kier molecular flexibility index (Phi) is 3.57. The third-order valence-electron chi connectivity index (χ3n) is 3.45. The summed E-state index contributed by atoms with van der Waals surface area (Å²) in [6.45, 7) is 2.12. The summed E-state index contributed by atoms with van der Waals surface area (Å²) in [5.74, 6) is 0.616. The normalized spacial score (nSPS) is 23.6. The number of nitrogen functional groups attached to an aromatic ring is 1. The van der Waals surface area contributed by atoms with Crippen molar-refractivity contribution in [2.45, 2.75) is 26.2 Å². The number of carbonyl (C=O) groups excluding carboxylic acids is 1. The SMILES string of the molecule is CC1CCCC1C(=O)Nc1cc(N)ccc1Cl. The Balaban J connectivity index is 2.10. The molecule has 1 aromatic carbocycles. The van der Waals surface area contributed by atoms with Gasteiger partial charge in [-0.25, -0.2) is 0 Å². The molecule has 1 aliphatic carbocycles. The summed E-state index contributed by atoms with van der Waals surface area (Å²) >= 11 is 6.01. The molecular formula is C13H17ClN2O. The number of carbonyl (C=O) groups is 1. The summed E-state index contributed by atoms with van der Waals surface area (Å²) in [6.07, 6.45) is 3.22. The standard InChI is InChI=1S/C13H17ClN2O/c1-8-3-2-4-10(8)13(17)16-12-7-9(15)5-6-11(12)14/h5-8,10H,2-4,15H2,1H3,(H,16,17). The molecule has 2 unspecified atom stereocenters. The van der Waals surface area contributed by atoms with Crippen LogP contribution in [0.1, 0.15) is 26.2 Å². The molecule has 0 spiro atoms. The van der Waals surface area contributed by atoms with Crippen LogP contribution in [0.5, 0.6) is 0 Å². The van der Waals surface area contributed by atoms with Gasteiger partial charge in [0.05, 0.1) is 10.7 Å². The predicted octanol–water partition coefficient (Wildman–Crippen LogP) is 3.30. The van der Waals surface area contributed by atoms with Gasteiger partial charge in [-0.15, -0.1) is 0 Å². The molecule has 0 aliphatic heterocycles. The molecule has 1 aliphatic rings. The van der Waals surface area contributed by atoms with E-state index in [0.717, 1.165) is 19.3 Å². The van der Waals surface area contributed by atoms with Gasteiger partial charge in [0, 0.05) is 11.6 Å². The Morgan fingerprint density at radius 1 is 1.47 bits per heavy atom. The molecule has 1 amide bonds. The van der Waals surface area contributed by atoms with Crippen LogP contribution in [0.4, 0.5) is 11.4 Å². The lowest BCUT2D eigenvalue weighted by Gasteiger charge is -2.16. The van der Waals surface area contributed by atoms with Crippen LogP contribution in [0.25, 0.3) is 0 Å². The molecule has 3 nitrogen and oxygen atoms in total. The molecule has 17 heavy (non-hydrogen) atoms. The summed E-state index contributed by atoms with van der Waals surface area (Å²) in [6, 6.07) is 5.11. The van der Waals surface area contributed by atoms with Crippen molar-refractivity contribution in [3.63, 3.8) is 0 Å². The number of amides is 1. The van der Waals surface area contributed by atoms with E-state index in [1.54, 1.807) is 18.2 Å². The second-order valence-corrected chi connectivity index (χ2v) is 5.15. The molecule has 0 radical (unpaired) electrons. The van der Waals surface area contributed by atoms with Gasteiger partial charge in [-0.3, -0.25) is 4.79 Å². The maximum atomic E-state index is 12.1. The molecule has 3 N–H and O–H groups in total. The molecule has 0 bridgehead atoms. The van der Waals surface area contributed by atoms with Crippen molar-refractivity contribution >= 4 is 28.9 Å². The number of nitrogens with two attached hydrogens (primary N) is 1. The van der Waals surface area contributed by atoms with Crippen LogP contribution in [0, 0.1) is 11.8 Å². The smallest absolute Gasteiger partial charge is 0.227 e. The van der Waals surface area contributed by atoms with E-state index in [-0.39, 0.29) is 11.8 Å². The largest absolute Gasteiger partial charge is 0.399 e. The number of halogens is 1. The van der Waals surface area contributed by atoms with Crippen molar-refractivity contribution < 1.29 is 4.79 Å². The van der Waals surface area contributed by atoms with E-state index >= 15 is 0 Å². The van der Waals surface area contributed by atoms with Crippen molar-refractivity contribution in [1.29, 1.82) is 0 Å². The van der Waals surface area contributed by atoms with Crippen LogP contribution in [0.2, 0.25) is 5.02 Å². The maximum absolute atomic E-state index is 12.1. The fourth-order valence-electron chi connectivity index (χ4n) is 2.40. The third kappa shape index (κ3) is 2.72. The average Bonchev–Trinajstić information content (AvgIpc) is 2.70.